The molecule has 1 aromatic carbocycles. The number of para-hydroxylation sites is 1. The molecular formula is C20H27FN4O2. The van der Waals surface area contributed by atoms with Crippen molar-refractivity contribution >= 4 is 22.7 Å². The Morgan fingerprint density at radius 1 is 1.33 bits per heavy atom. The van der Waals surface area contributed by atoms with Crippen LogP contribution < -0.4 is 5.32 Å². The molecule has 3 rings (SSSR count). The summed E-state index contributed by atoms with van der Waals surface area (Å²) in [7, 11) is 1.90. The summed E-state index contributed by atoms with van der Waals surface area (Å²) in [5, 5.41) is 3.71. The summed E-state index contributed by atoms with van der Waals surface area (Å²) >= 11 is 0. The van der Waals surface area contributed by atoms with E-state index in [4.69, 9.17) is 0 Å². The summed E-state index contributed by atoms with van der Waals surface area (Å²) in [4.78, 5) is 32.1. The number of carbonyl (C=O) groups is 2. The Morgan fingerprint density at radius 2 is 2.04 bits per heavy atom. The number of aryl methyl sites for hydroxylation is 1. The number of amides is 2. The predicted molar refractivity (Wildman–Crippen MR) is 103 cm³/mol. The molecule has 2 aromatic rings. The van der Waals surface area contributed by atoms with Gasteiger partial charge in [0.15, 0.2) is 0 Å². The van der Waals surface area contributed by atoms with E-state index in [0.29, 0.717) is 42.7 Å². The molecule has 0 bridgehead atoms. The van der Waals surface area contributed by atoms with Gasteiger partial charge in [-0.3, -0.25) is 14.5 Å². The van der Waals surface area contributed by atoms with E-state index in [0.717, 1.165) is 5.56 Å². The van der Waals surface area contributed by atoms with Crippen LogP contribution in [-0.4, -0.2) is 65.4 Å². The Hall–Kier alpha value is -2.41. The number of aromatic amines is 1. The van der Waals surface area contributed by atoms with Crippen LogP contribution in [0.25, 0.3) is 10.9 Å². The summed E-state index contributed by atoms with van der Waals surface area (Å²) < 4.78 is 14.0. The maximum Gasteiger partial charge on any atom is 0.268 e. The number of likely N-dealkylation sites (tertiary alicyclic amines) is 1. The zero-order valence-corrected chi connectivity index (χ0v) is 16.3. The predicted octanol–water partition coefficient (Wildman–Crippen LogP) is 2.29. The quantitative estimate of drug-likeness (QED) is 0.844. The minimum Gasteiger partial charge on any atom is -0.348 e. The van der Waals surface area contributed by atoms with Crippen LogP contribution in [0.15, 0.2) is 18.2 Å². The van der Waals surface area contributed by atoms with Gasteiger partial charge < -0.3 is 15.2 Å². The number of H-pyrrole nitrogens is 1. The first-order chi connectivity index (χ1) is 12.9. The molecule has 0 unspecified atom stereocenters. The number of aromatic nitrogens is 1. The van der Waals surface area contributed by atoms with E-state index < -0.39 is 0 Å². The van der Waals surface area contributed by atoms with Crippen LogP contribution in [0.4, 0.5) is 4.39 Å². The lowest BCUT2D eigenvalue weighted by Crippen LogP contribution is -2.44. The van der Waals surface area contributed by atoms with E-state index in [1.165, 1.54) is 6.07 Å². The molecule has 2 atom stereocenters. The lowest BCUT2D eigenvalue weighted by Gasteiger charge is -2.26. The Balaban J connectivity index is 1.73. The van der Waals surface area contributed by atoms with Crippen LogP contribution in [0.5, 0.6) is 0 Å². The van der Waals surface area contributed by atoms with Gasteiger partial charge in [0.05, 0.1) is 11.6 Å². The highest BCUT2D eigenvalue weighted by Crippen LogP contribution is 2.24. The monoisotopic (exact) mass is 374 g/mol. The largest absolute Gasteiger partial charge is 0.348 e. The molecule has 0 radical (unpaired) electrons. The molecule has 27 heavy (non-hydrogen) atoms. The topological polar surface area (TPSA) is 68.4 Å². The van der Waals surface area contributed by atoms with E-state index in [1.54, 1.807) is 19.1 Å². The molecule has 1 aromatic heterocycles. The fraction of sp³-hybridized carbons (Fsp3) is 0.500. The van der Waals surface area contributed by atoms with Crippen molar-refractivity contribution in [1.82, 2.24) is 20.1 Å². The van der Waals surface area contributed by atoms with Crippen molar-refractivity contribution in [3.8, 4) is 0 Å². The van der Waals surface area contributed by atoms with Crippen LogP contribution in [-0.2, 0) is 4.79 Å². The fourth-order valence-corrected chi connectivity index (χ4v) is 3.94. The average Bonchev–Trinajstić information content (AvgIpc) is 3.17. The van der Waals surface area contributed by atoms with E-state index >= 15 is 0 Å². The van der Waals surface area contributed by atoms with Crippen LogP contribution in [0.1, 0.15) is 36.3 Å². The van der Waals surface area contributed by atoms with Crippen LogP contribution in [0, 0.1) is 12.7 Å². The van der Waals surface area contributed by atoms with E-state index in [2.05, 4.69) is 10.3 Å². The summed E-state index contributed by atoms with van der Waals surface area (Å²) in [5.41, 5.74) is 1.44. The van der Waals surface area contributed by atoms with Gasteiger partial charge >= 0.3 is 0 Å². The number of nitrogens with one attached hydrogen (secondary N) is 2. The maximum atomic E-state index is 14.0. The first-order valence-corrected chi connectivity index (χ1v) is 9.44. The number of hydrogen-bond donors (Lipinski definition) is 2. The van der Waals surface area contributed by atoms with E-state index in [9.17, 15) is 14.0 Å². The third-order valence-corrected chi connectivity index (χ3v) is 5.51. The van der Waals surface area contributed by atoms with Crippen molar-refractivity contribution in [3.05, 3.63) is 35.3 Å². The number of hydrogen-bond acceptors (Lipinski definition) is 3. The SMILES string of the molecule is CCN(CC)C(=O)[C@@H]1C[C@@H](NC(=O)c2[nH]c3c(F)cccc3c2C)CN1C. The lowest BCUT2D eigenvalue weighted by atomic mass is 10.1. The number of rotatable bonds is 5. The molecule has 0 aliphatic carbocycles. The van der Waals surface area contributed by atoms with Crippen molar-refractivity contribution in [2.45, 2.75) is 39.3 Å². The smallest absolute Gasteiger partial charge is 0.268 e. The second-order valence-corrected chi connectivity index (χ2v) is 7.16. The Bertz CT molecular complexity index is 859. The molecule has 2 heterocycles. The van der Waals surface area contributed by atoms with E-state index in [-0.39, 0.29) is 29.7 Å². The Morgan fingerprint density at radius 3 is 2.67 bits per heavy atom. The highest BCUT2D eigenvalue weighted by atomic mass is 19.1. The van der Waals surface area contributed by atoms with Gasteiger partial charge in [0, 0.05) is 31.1 Å². The third kappa shape index (κ3) is 3.56. The second-order valence-electron chi connectivity index (χ2n) is 7.16. The number of fused-ring (bicyclic) bond motifs is 1. The fourth-order valence-electron chi connectivity index (χ4n) is 3.94. The van der Waals surface area contributed by atoms with Crippen molar-refractivity contribution in [3.63, 3.8) is 0 Å². The molecule has 6 nitrogen and oxygen atoms in total. The highest BCUT2D eigenvalue weighted by Gasteiger charge is 2.37. The molecule has 2 N–H and O–H groups in total. The zero-order chi connectivity index (χ0) is 19.7. The lowest BCUT2D eigenvalue weighted by molar-refractivity contribution is -0.135. The molecular weight excluding hydrogens is 347 g/mol. The first kappa shape index (κ1) is 19.4. The molecule has 1 aliphatic heterocycles. The van der Waals surface area contributed by atoms with Gasteiger partial charge in [0.1, 0.15) is 11.5 Å². The minimum absolute atomic E-state index is 0.100. The van der Waals surface area contributed by atoms with Gasteiger partial charge in [-0.15, -0.1) is 0 Å². The molecule has 1 aliphatic rings. The molecule has 0 saturated carbocycles. The van der Waals surface area contributed by atoms with Crippen LogP contribution >= 0.6 is 0 Å². The minimum atomic E-state index is -0.375. The molecule has 1 fully saturated rings. The Kier molecular flexibility index (Phi) is 5.51. The average molecular weight is 374 g/mol. The van der Waals surface area contributed by atoms with Gasteiger partial charge in [0.25, 0.3) is 5.91 Å². The van der Waals surface area contributed by atoms with Gasteiger partial charge in [-0.2, -0.15) is 0 Å². The zero-order valence-electron chi connectivity index (χ0n) is 16.3. The van der Waals surface area contributed by atoms with Gasteiger partial charge in [0.2, 0.25) is 5.91 Å². The van der Waals surface area contributed by atoms with Crippen molar-refractivity contribution in [1.29, 1.82) is 0 Å². The van der Waals surface area contributed by atoms with Crippen molar-refractivity contribution < 1.29 is 14.0 Å². The molecule has 0 spiro atoms. The summed E-state index contributed by atoms with van der Waals surface area (Å²) in [6, 6.07) is 4.45. The normalized spacial score (nSPS) is 20.2. The number of halogens is 1. The van der Waals surface area contributed by atoms with Gasteiger partial charge in [-0.25, -0.2) is 4.39 Å². The molecule has 146 valence electrons. The molecule has 1 saturated heterocycles. The Labute approximate surface area is 158 Å². The van der Waals surface area contributed by atoms with Gasteiger partial charge in [-0.05, 0) is 45.9 Å². The maximum absolute atomic E-state index is 14.0. The first-order valence-electron chi connectivity index (χ1n) is 9.44. The van der Waals surface area contributed by atoms with Crippen LogP contribution in [0.2, 0.25) is 0 Å². The number of benzene rings is 1. The van der Waals surface area contributed by atoms with Crippen molar-refractivity contribution in [2.75, 3.05) is 26.7 Å². The molecule has 7 heteroatoms. The molecule has 2 amide bonds. The number of carbonyl (C=O) groups excluding carboxylic acids is 2. The second kappa shape index (κ2) is 7.68. The highest BCUT2D eigenvalue weighted by molar-refractivity contribution is 6.01. The number of nitrogens with zero attached hydrogens (tertiary/aromatic N) is 2. The van der Waals surface area contributed by atoms with E-state index in [1.807, 2.05) is 30.7 Å². The summed E-state index contributed by atoms with van der Waals surface area (Å²) in [6.45, 7) is 7.70. The van der Waals surface area contributed by atoms with Crippen LogP contribution in [0.3, 0.4) is 0 Å². The number of likely N-dealkylation sites (N-methyl/N-ethyl adjacent to an activating group) is 2. The standard InChI is InChI=1S/C20H27FN4O2/c1-5-25(6-2)20(27)16-10-13(11-24(16)4)22-19(26)17-12(3)14-8-7-9-15(21)18(14)23-17/h7-9,13,16,23H,5-6,10-11H2,1-4H3,(H,22,26)/t13-,16+/m1/s1. The van der Waals surface area contributed by atoms with Gasteiger partial charge in [-0.1, -0.05) is 12.1 Å². The van der Waals surface area contributed by atoms with Crippen molar-refractivity contribution in [2.24, 2.45) is 0 Å². The summed E-state index contributed by atoms with van der Waals surface area (Å²) in [5.74, 6) is -0.541. The third-order valence-electron chi connectivity index (χ3n) is 5.51. The summed E-state index contributed by atoms with van der Waals surface area (Å²) in [6.07, 6.45) is 0.575.